The largest absolute Gasteiger partial charge is 0.457 e. The van der Waals surface area contributed by atoms with Crippen molar-refractivity contribution in [2.75, 3.05) is 0 Å². The van der Waals surface area contributed by atoms with E-state index in [4.69, 9.17) is 4.74 Å². The Hall–Kier alpha value is -2.89. The van der Waals surface area contributed by atoms with Gasteiger partial charge < -0.3 is 4.74 Å². The van der Waals surface area contributed by atoms with E-state index in [2.05, 4.69) is 11.9 Å². The Labute approximate surface area is 168 Å². The van der Waals surface area contributed by atoms with Gasteiger partial charge in [-0.25, -0.2) is 4.79 Å². The van der Waals surface area contributed by atoms with Gasteiger partial charge in [0.15, 0.2) is 0 Å². The highest BCUT2D eigenvalue weighted by Gasteiger charge is 2.30. The van der Waals surface area contributed by atoms with Crippen molar-refractivity contribution in [3.05, 3.63) is 75.4 Å². The van der Waals surface area contributed by atoms with E-state index < -0.39 is 17.7 Å². The summed E-state index contributed by atoms with van der Waals surface area (Å²) in [5.41, 5.74) is 0.302. The highest BCUT2D eigenvalue weighted by atomic mass is 19.4. The number of allylic oxidation sites excluding steroid dienone is 2. The van der Waals surface area contributed by atoms with Crippen LogP contribution in [0.25, 0.3) is 12.2 Å². The summed E-state index contributed by atoms with van der Waals surface area (Å²) in [4.78, 5) is 17.1. The molecule has 0 bridgehead atoms. The Morgan fingerprint density at radius 3 is 2.66 bits per heavy atom. The molecule has 2 aromatic rings. The molecule has 2 rings (SSSR count). The average molecular weight is 403 g/mol. The SMILES string of the molecule is C\C=C/C=c1/cc(C(=O)OCc2cccc(C(F)(F)F)c2)c(C)n/c1=C\CCC. The lowest BCUT2D eigenvalue weighted by molar-refractivity contribution is -0.137. The topological polar surface area (TPSA) is 39.2 Å². The summed E-state index contributed by atoms with van der Waals surface area (Å²) in [6.07, 6.45) is 5.00. The molecule has 0 amide bonds. The summed E-state index contributed by atoms with van der Waals surface area (Å²) in [5.74, 6) is -0.621. The van der Waals surface area contributed by atoms with Gasteiger partial charge in [0, 0.05) is 5.22 Å². The fourth-order valence-corrected chi connectivity index (χ4v) is 2.69. The Morgan fingerprint density at radius 1 is 1.24 bits per heavy atom. The number of rotatable bonds is 6. The molecule has 1 heterocycles. The standard InChI is InChI=1S/C23H24F3NO2/c1-4-6-10-18-14-20(16(3)27-21(18)12-7-5-2)22(28)29-15-17-9-8-11-19(13-17)23(24,25)26/h4,6,8-14H,5,7,15H2,1-3H3/b6-4-,18-10-,21-12-. The van der Waals surface area contributed by atoms with Crippen LogP contribution < -0.4 is 10.6 Å². The molecule has 0 spiro atoms. The lowest BCUT2D eigenvalue weighted by atomic mass is 10.1. The zero-order valence-corrected chi connectivity index (χ0v) is 16.7. The molecule has 0 radical (unpaired) electrons. The van der Waals surface area contributed by atoms with Gasteiger partial charge in [-0.3, -0.25) is 4.98 Å². The van der Waals surface area contributed by atoms with Crippen molar-refractivity contribution >= 4 is 18.1 Å². The fraction of sp³-hybridized carbons (Fsp3) is 0.304. The van der Waals surface area contributed by atoms with Gasteiger partial charge in [-0.1, -0.05) is 49.8 Å². The first kappa shape index (κ1) is 22.4. The molecular weight excluding hydrogens is 379 g/mol. The zero-order chi connectivity index (χ0) is 21.4. The molecule has 6 heteroatoms. The smallest absolute Gasteiger partial charge is 0.416 e. The molecule has 0 atom stereocenters. The highest BCUT2D eigenvalue weighted by Crippen LogP contribution is 2.29. The normalized spacial score (nSPS) is 13.3. The number of pyridine rings is 1. The molecule has 0 aliphatic carbocycles. The van der Waals surface area contributed by atoms with Crippen LogP contribution in [0.3, 0.4) is 0 Å². The van der Waals surface area contributed by atoms with Crippen LogP contribution in [0.5, 0.6) is 0 Å². The molecule has 3 nitrogen and oxygen atoms in total. The second kappa shape index (κ2) is 10.0. The van der Waals surface area contributed by atoms with Crippen molar-refractivity contribution in [3.8, 4) is 0 Å². The summed E-state index contributed by atoms with van der Waals surface area (Å²) in [7, 11) is 0. The Balaban J connectivity index is 2.29. The maximum Gasteiger partial charge on any atom is 0.416 e. The van der Waals surface area contributed by atoms with Crippen LogP contribution in [0.15, 0.2) is 42.5 Å². The van der Waals surface area contributed by atoms with Crippen molar-refractivity contribution in [2.45, 2.75) is 46.4 Å². The highest BCUT2D eigenvalue weighted by molar-refractivity contribution is 5.90. The summed E-state index contributed by atoms with van der Waals surface area (Å²) < 4.78 is 43.7. The predicted molar refractivity (Wildman–Crippen MR) is 107 cm³/mol. The second-order valence-electron chi connectivity index (χ2n) is 6.56. The molecule has 0 aliphatic heterocycles. The minimum absolute atomic E-state index is 0.250. The first-order valence-corrected chi connectivity index (χ1v) is 9.40. The van der Waals surface area contributed by atoms with E-state index in [1.165, 1.54) is 12.1 Å². The van der Waals surface area contributed by atoms with Gasteiger partial charge in [0.25, 0.3) is 0 Å². The molecule has 1 aromatic carbocycles. The van der Waals surface area contributed by atoms with Crippen LogP contribution in [-0.4, -0.2) is 11.0 Å². The number of alkyl halides is 3. The van der Waals surface area contributed by atoms with Gasteiger partial charge in [-0.2, -0.15) is 13.2 Å². The van der Waals surface area contributed by atoms with Crippen LogP contribution in [0.1, 0.15) is 53.9 Å². The first-order valence-electron chi connectivity index (χ1n) is 9.40. The summed E-state index contributed by atoms with van der Waals surface area (Å²) >= 11 is 0. The maximum atomic E-state index is 12.8. The Bertz CT molecular complexity index is 1010. The van der Waals surface area contributed by atoms with Crippen molar-refractivity contribution in [3.63, 3.8) is 0 Å². The molecule has 0 fully saturated rings. The number of hydrogen-bond donors (Lipinski definition) is 0. The van der Waals surface area contributed by atoms with E-state index in [9.17, 15) is 18.0 Å². The molecular formula is C23H24F3NO2. The van der Waals surface area contributed by atoms with Crippen LogP contribution in [0, 0.1) is 6.92 Å². The lowest BCUT2D eigenvalue weighted by Gasteiger charge is -2.10. The predicted octanol–water partition coefficient (Wildman–Crippen LogP) is 4.70. The molecule has 29 heavy (non-hydrogen) atoms. The lowest BCUT2D eigenvalue weighted by Crippen LogP contribution is -2.31. The van der Waals surface area contributed by atoms with Gasteiger partial charge in [0.2, 0.25) is 0 Å². The Morgan fingerprint density at radius 2 is 2.00 bits per heavy atom. The van der Waals surface area contributed by atoms with Gasteiger partial charge in [0.1, 0.15) is 6.61 Å². The average Bonchev–Trinajstić information content (AvgIpc) is 2.69. The molecule has 0 N–H and O–H groups in total. The molecule has 0 saturated heterocycles. The minimum atomic E-state index is -4.44. The third-order valence-corrected chi connectivity index (χ3v) is 4.21. The summed E-state index contributed by atoms with van der Waals surface area (Å²) in [6.45, 7) is 5.42. The third-order valence-electron chi connectivity index (χ3n) is 4.21. The van der Waals surface area contributed by atoms with Crippen molar-refractivity contribution in [2.24, 2.45) is 0 Å². The first-order chi connectivity index (χ1) is 13.8. The fourth-order valence-electron chi connectivity index (χ4n) is 2.69. The van der Waals surface area contributed by atoms with Crippen molar-refractivity contribution < 1.29 is 22.7 Å². The van der Waals surface area contributed by atoms with E-state index in [1.807, 2.05) is 31.2 Å². The van der Waals surface area contributed by atoms with E-state index in [1.54, 1.807) is 13.0 Å². The second-order valence-corrected chi connectivity index (χ2v) is 6.56. The Kier molecular flexibility index (Phi) is 7.76. The van der Waals surface area contributed by atoms with Gasteiger partial charge >= 0.3 is 12.1 Å². The number of carbonyl (C=O) groups excluding carboxylic acids is 1. The summed E-state index contributed by atoms with van der Waals surface area (Å²) in [5, 5.41) is 1.57. The van der Waals surface area contributed by atoms with Gasteiger partial charge in [0.05, 0.1) is 22.2 Å². The number of ether oxygens (including phenoxy) is 1. The van der Waals surface area contributed by atoms with Crippen LogP contribution in [0.2, 0.25) is 0 Å². The van der Waals surface area contributed by atoms with E-state index >= 15 is 0 Å². The summed E-state index contributed by atoms with van der Waals surface area (Å²) in [6, 6.07) is 6.45. The van der Waals surface area contributed by atoms with Crippen LogP contribution >= 0.6 is 0 Å². The van der Waals surface area contributed by atoms with Crippen molar-refractivity contribution in [1.82, 2.24) is 4.98 Å². The minimum Gasteiger partial charge on any atom is -0.457 e. The number of nitrogens with zero attached hydrogens (tertiary/aromatic N) is 1. The van der Waals surface area contributed by atoms with E-state index in [-0.39, 0.29) is 12.2 Å². The maximum absolute atomic E-state index is 12.8. The number of aromatic nitrogens is 1. The molecule has 1 aromatic heterocycles. The van der Waals surface area contributed by atoms with Crippen molar-refractivity contribution in [1.29, 1.82) is 0 Å². The quantitative estimate of drug-likeness (QED) is 0.656. The molecule has 0 aliphatic rings. The monoisotopic (exact) mass is 403 g/mol. The van der Waals surface area contributed by atoms with Gasteiger partial charge in [-0.05, 0) is 44.0 Å². The number of benzene rings is 1. The van der Waals surface area contributed by atoms with E-state index in [0.29, 0.717) is 11.3 Å². The van der Waals surface area contributed by atoms with E-state index in [0.717, 1.165) is 35.5 Å². The molecule has 0 saturated carbocycles. The number of aryl methyl sites for hydroxylation is 1. The zero-order valence-electron chi connectivity index (χ0n) is 16.7. The number of hydrogen-bond acceptors (Lipinski definition) is 3. The number of carbonyl (C=O) groups is 1. The molecule has 0 unspecified atom stereocenters. The van der Waals surface area contributed by atoms with Crippen LogP contribution in [0.4, 0.5) is 13.2 Å². The molecule has 154 valence electrons. The number of esters is 1. The number of halogens is 3. The van der Waals surface area contributed by atoms with Gasteiger partial charge in [-0.15, -0.1) is 0 Å². The van der Waals surface area contributed by atoms with Crippen LogP contribution in [-0.2, 0) is 17.5 Å². The number of unbranched alkanes of at least 4 members (excludes halogenated alkanes) is 1. The third kappa shape index (κ3) is 6.31.